The van der Waals surface area contributed by atoms with Crippen LogP contribution in [0, 0.1) is 5.41 Å². The molecular weight excluding hydrogens is 242 g/mol. The Morgan fingerprint density at radius 2 is 1.94 bits per heavy atom. The summed E-state index contributed by atoms with van der Waals surface area (Å²) >= 11 is 4.61. The molecule has 1 heterocycles. The number of thiol groups is 1. The van der Waals surface area contributed by atoms with Gasteiger partial charge < -0.3 is 4.42 Å². The largest absolute Gasteiger partial charge is 0.468 e. The first-order valence-electron chi connectivity index (χ1n) is 6.97. The van der Waals surface area contributed by atoms with Gasteiger partial charge in [-0.3, -0.25) is 4.90 Å². The van der Waals surface area contributed by atoms with Crippen molar-refractivity contribution in [3.63, 3.8) is 0 Å². The van der Waals surface area contributed by atoms with Crippen molar-refractivity contribution in [3.05, 3.63) is 24.2 Å². The molecule has 18 heavy (non-hydrogen) atoms. The Hall–Kier alpha value is -0.410. The number of furan rings is 1. The minimum Gasteiger partial charge on any atom is -0.468 e. The maximum Gasteiger partial charge on any atom is 0.117 e. The van der Waals surface area contributed by atoms with E-state index >= 15 is 0 Å². The summed E-state index contributed by atoms with van der Waals surface area (Å²) < 4.78 is 5.41. The monoisotopic (exact) mass is 269 g/mol. The summed E-state index contributed by atoms with van der Waals surface area (Å²) in [6.45, 7) is 6.51. The van der Waals surface area contributed by atoms with Crippen LogP contribution in [0.3, 0.4) is 0 Å². The first-order valence-corrected chi connectivity index (χ1v) is 7.61. The van der Waals surface area contributed by atoms with Gasteiger partial charge in [0.05, 0.1) is 12.8 Å². The Kier molecular flexibility index (Phi) is 6.87. The Morgan fingerprint density at radius 3 is 2.39 bits per heavy atom. The van der Waals surface area contributed by atoms with E-state index in [0.717, 1.165) is 24.6 Å². The van der Waals surface area contributed by atoms with Crippen LogP contribution in [-0.4, -0.2) is 24.2 Å². The van der Waals surface area contributed by atoms with Crippen molar-refractivity contribution >= 4 is 12.6 Å². The molecular formula is C15H27NOS. The van der Waals surface area contributed by atoms with Crippen molar-refractivity contribution in [2.45, 2.75) is 46.1 Å². The first-order chi connectivity index (χ1) is 8.65. The summed E-state index contributed by atoms with van der Waals surface area (Å²) in [4.78, 5) is 2.36. The first kappa shape index (κ1) is 15.6. The fourth-order valence-electron chi connectivity index (χ4n) is 2.85. The smallest absolute Gasteiger partial charge is 0.117 e. The summed E-state index contributed by atoms with van der Waals surface area (Å²) in [6, 6.07) is 3.99. The molecule has 1 aromatic heterocycles. The fourth-order valence-corrected chi connectivity index (χ4v) is 3.27. The molecule has 3 heteroatoms. The van der Waals surface area contributed by atoms with Gasteiger partial charge in [0, 0.05) is 6.54 Å². The fraction of sp³-hybridized carbons (Fsp3) is 0.733. The highest BCUT2D eigenvalue weighted by Gasteiger charge is 2.28. The zero-order valence-corrected chi connectivity index (χ0v) is 12.9. The van der Waals surface area contributed by atoms with Crippen LogP contribution >= 0.6 is 12.6 Å². The van der Waals surface area contributed by atoms with Gasteiger partial charge in [-0.05, 0) is 43.2 Å². The second-order valence-electron chi connectivity index (χ2n) is 5.41. The predicted molar refractivity (Wildman–Crippen MR) is 81.1 cm³/mol. The van der Waals surface area contributed by atoms with E-state index in [4.69, 9.17) is 4.42 Å². The van der Waals surface area contributed by atoms with Crippen LogP contribution in [0.5, 0.6) is 0 Å². The molecule has 1 rings (SSSR count). The van der Waals surface area contributed by atoms with Crippen LogP contribution in [0.4, 0.5) is 0 Å². The minimum atomic E-state index is 0.355. The molecule has 0 spiro atoms. The quantitative estimate of drug-likeness (QED) is 0.675. The van der Waals surface area contributed by atoms with E-state index in [2.05, 4.69) is 38.4 Å². The van der Waals surface area contributed by atoms with Gasteiger partial charge in [-0.1, -0.05) is 26.7 Å². The topological polar surface area (TPSA) is 16.4 Å². The molecule has 0 N–H and O–H groups in total. The zero-order chi connectivity index (χ0) is 13.4. The molecule has 0 fully saturated rings. The van der Waals surface area contributed by atoms with Gasteiger partial charge in [0.2, 0.25) is 0 Å². The van der Waals surface area contributed by atoms with Gasteiger partial charge in [0.15, 0.2) is 0 Å². The van der Waals surface area contributed by atoms with E-state index in [0.29, 0.717) is 5.41 Å². The lowest BCUT2D eigenvalue weighted by Gasteiger charge is -2.35. The SMILES string of the molecule is CCCC(CS)(CCC)CN(C)Cc1ccco1. The van der Waals surface area contributed by atoms with Crippen molar-refractivity contribution in [1.29, 1.82) is 0 Å². The van der Waals surface area contributed by atoms with Crippen molar-refractivity contribution < 1.29 is 4.42 Å². The zero-order valence-electron chi connectivity index (χ0n) is 12.0. The third-order valence-electron chi connectivity index (χ3n) is 3.51. The molecule has 0 bridgehead atoms. The van der Waals surface area contributed by atoms with Crippen LogP contribution in [0.15, 0.2) is 22.8 Å². The van der Waals surface area contributed by atoms with Crippen molar-refractivity contribution in [2.75, 3.05) is 19.3 Å². The highest BCUT2D eigenvalue weighted by atomic mass is 32.1. The summed E-state index contributed by atoms with van der Waals surface area (Å²) in [5.41, 5.74) is 0.355. The highest BCUT2D eigenvalue weighted by molar-refractivity contribution is 7.80. The second kappa shape index (κ2) is 7.90. The summed E-state index contributed by atoms with van der Waals surface area (Å²) in [6.07, 6.45) is 6.72. The van der Waals surface area contributed by atoms with Crippen molar-refractivity contribution in [2.24, 2.45) is 5.41 Å². The molecule has 104 valence electrons. The standard InChI is InChI=1S/C15H27NOS/c1-4-8-15(13-18,9-5-2)12-16(3)11-14-7-6-10-17-14/h6-7,10,18H,4-5,8-9,11-13H2,1-3H3. The number of nitrogens with zero attached hydrogens (tertiary/aromatic N) is 1. The third-order valence-corrected chi connectivity index (χ3v) is 4.18. The maximum atomic E-state index is 5.41. The molecule has 0 aliphatic heterocycles. The van der Waals surface area contributed by atoms with Crippen molar-refractivity contribution in [1.82, 2.24) is 4.90 Å². The molecule has 1 aromatic rings. The Morgan fingerprint density at radius 1 is 1.28 bits per heavy atom. The third kappa shape index (κ3) is 4.69. The lowest BCUT2D eigenvalue weighted by Crippen LogP contribution is -2.37. The molecule has 2 nitrogen and oxygen atoms in total. The molecule has 0 atom stereocenters. The van der Waals surface area contributed by atoms with Crippen LogP contribution in [0.2, 0.25) is 0 Å². The predicted octanol–water partition coefficient (Wildman–Crippen LogP) is 4.23. The van der Waals surface area contributed by atoms with Crippen LogP contribution in [0.25, 0.3) is 0 Å². The lowest BCUT2D eigenvalue weighted by molar-refractivity contribution is 0.158. The van der Waals surface area contributed by atoms with E-state index in [1.807, 2.05) is 12.1 Å². The molecule has 0 aliphatic carbocycles. The van der Waals surface area contributed by atoms with E-state index in [1.54, 1.807) is 6.26 Å². The van der Waals surface area contributed by atoms with E-state index < -0.39 is 0 Å². The molecule has 0 unspecified atom stereocenters. The number of hydrogen-bond acceptors (Lipinski definition) is 3. The number of rotatable bonds is 9. The Bertz CT molecular complexity index is 304. The summed E-state index contributed by atoms with van der Waals surface area (Å²) in [5.74, 6) is 2.01. The maximum absolute atomic E-state index is 5.41. The normalized spacial score (nSPS) is 12.3. The summed E-state index contributed by atoms with van der Waals surface area (Å²) in [5, 5.41) is 0. The molecule has 0 radical (unpaired) electrons. The van der Waals surface area contributed by atoms with Crippen molar-refractivity contribution in [3.8, 4) is 0 Å². The van der Waals surface area contributed by atoms with Crippen LogP contribution in [-0.2, 0) is 6.54 Å². The summed E-state index contributed by atoms with van der Waals surface area (Å²) in [7, 11) is 2.17. The minimum absolute atomic E-state index is 0.355. The van der Waals surface area contributed by atoms with E-state index in [9.17, 15) is 0 Å². The highest BCUT2D eigenvalue weighted by Crippen LogP contribution is 2.32. The molecule has 0 aliphatic rings. The second-order valence-corrected chi connectivity index (χ2v) is 5.73. The van der Waals surface area contributed by atoms with Gasteiger partial charge in [-0.2, -0.15) is 12.6 Å². The molecule has 0 amide bonds. The Labute approximate surface area is 117 Å². The molecule has 0 aromatic carbocycles. The van der Waals surface area contributed by atoms with Gasteiger partial charge >= 0.3 is 0 Å². The van der Waals surface area contributed by atoms with Gasteiger partial charge in [-0.25, -0.2) is 0 Å². The van der Waals surface area contributed by atoms with E-state index in [1.165, 1.54) is 25.7 Å². The van der Waals surface area contributed by atoms with E-state index in [-0.39, 0.29) is 0 Å². The lowest BCUT2D eigenvalue weighted by atomic mass is 9.80. The molecule has 0 saturated carbocycles. The Balaban J connectivity index is 2.58. The van der Waals surface area contributed by atoms with Gasteiger partial charge in [-0.15, -0.1) is 0 Å². The van der Waals surface area contributed by atoms with Crippen LogP contribution in [0.1, 0.15) is 45.3 Å². The van der Waals surface area contributed by atoms with Crippen LogP contribution < -0.4 is 0 Å². The van der Waals surface area contributed by atoms with Gasteiger partial charge in [0.25, 0.3) is 0 Å². The molecule has 0 saturated heterocycles. The average Bonchev–Trinajstić information content (AvgIpc) is 2.82. The van der Waals surface area contributed by atoms with Gasteiger partial charge in [0.1, 0.15) is 5.76 Å². The average molecular weight is 269 g/mol. The number of hydrogen-bond donors (Lipinski definition) is 1.